The Hall–Kier alpha value is -1.99. The van der Waals surface area contributed by atoms with Crippen molar-refractivity contribution in [2.75, 3.05) is 44.3 Å². The van der Waals surface area contributed by atoms with Gasteiger partial charge in [-0.25, -0.2) is 9.97 Å². The molecule has 4 rings (SSSR count). The summed E-state index contributed by atoms with van der Waals surface area (Å²) in [5.74, 6) is 0.823. The number of hydrogen-bond donors (Lipinski definition) is 1. The molecule has 2 aromatic rings. The molecule has 2 saturated heterocycles. The van der Waals surface area contributed by atoms with Crippen LogP contribution in [-0.2, 0) is 4.74 Å². The maximum atomic E-state index is 5.50. The number of ether oxygens (including phenoxy) is 1. The monoisotopic (exact) mass is 356 g/mol. The van der Waals surface area contributed by atoms with Crippen molar-refractivity contribution in [2.24, 2.45) is 0 Å². The number of anilines is 1. The van der Waals surface area contributed by atoms with Crippen molar-refractivity contribution in [3.63, 3.8) is 0 Å². The van der Waals surface area contributed by atoms with Crippen LogP contribution in [0.25, 0.3) is 11.3 Å². The van der Waals surface area contributed by atoms with Crippen LogP contribution in [0.15, 0.2) is 12.3 Å². The zero-order chi connectivity index (χ0) is 17.9. The lowest BCUT2D eigenvalue weighted by atomic mass is 10.1. The molecule has 7 nitrogen and oxygen atoms in total. The summed E-state index contributed by atoms with van der Waals surface area (Å²) >= 11 is 0. The van der Waals surface area contributed by atoms with Crippen molar-refractivity contribution in [1.29, 1.82) is 0 Å². The molecule has 4 heterocycles. The molecule has 140 valence electrons. The van der Waals surface area contributed by atoms with Gasteiger partial charge in [0.2, 0.25) is 5.95 Å². The first-order chi connectivity index (χ1) is 12.7. The minimum Gasteiger partial charge on any atom is -0.381 e. The van der Waals surface area contributed by atoms with Crippen molar-refractivity contribution in [1.82, 2.24) is 25.1 Å². The van der Waals surface area contributed by atoms with Crippen LogP contribution < -0.4 is 10.2 Å². The summed E-state index contributed by atoms with van der Waals surface area (Å²) in [4.78, 5) is 11.7. The SMILES string of the molecule is Cc1nn(C2CCOCC2)c(C)c1-c1ccnc(N2CCCNCC2)n1. The second-order valence-corrected chi connectivity index (χ2v) is 7.17. The third kappa shape index (κ3) is 3.46. The van der Waals surface area contributed by atoms with Crippen LogP contribution in [0.2, 0.25) is 0 Å². The minimum absolute atomic E-state index is 0.425. The Morgan fingerprint density at radius 2 is 2.00 bits per heavy atom. The van der Waals surface area contributed by atoms with Crippen LogP contribution >= 0.6 is 0 Å². The molecule has 0 radical (unpaired) electrons. The van der Waals surface area contributed by atoms with Gasteiger partial charge in [0, 0.05) is 50.3 Å². The fraction of sp³-hybridized carbons (Fsp3) is 0.632. The molecular formula is C19H28N6O. The van der Waals surface area contributed by atoms with Crippen LogP contribution in [0.3, 0.4) is 0 Å². The summed E-state index contributed by atoms with van der Waals surface area (Å²) in [6.07, 6.45) is 5.04. The fourth-order valence-electron chi connectivity index (χ4n) is 4.00. The molecule has 0 aliphatic carbocycles. The number of aromatic nitrogens is 4. The smallest absolute Gasteiger partial charge is 0.225 e. The minimum atomic E-state index is 0.425. The topological polar surface area (TPSA) is 68.1 Å². The zero-order valence-electron chi connectivity index (χ0n) is 15.7. The lowest BCUT2D eigenvalue weighted by Gasteiger charge is -2.23. The Labute approximate surface area is 154 Å². The van der Waals surface area contributed by atoms with Crippen LogP contribution in [0.4, 0.5) is 5.95 Å². The van der Waals surface area contributed by atoms with Crippen molar-refractivity contribution in [2.45, 2.75) is 39.2 Å². The van der Waals surface area contributed by atoms with E-state index in [9.17, 15) is 0 Å². The fourth-order valence-corrected chi connectivity index (χ4v) is 4.00. The quantitative estimate of drug-likeness (QED) is 0.908. The summed E-state index contributed by atoms with van der Waals surface area (Å²) in [7, 11) is 0. The molecule has 0 saturated carbocycles. The normalized spacial score (nSPS) is 19.5. The highest BCUT2D eigenvalue weighted by Crippen LogP contribution is 2.31. The van der Waals surface area contributed by atoms with E-state index in [1.165, 1.54) is 5.69 Å². The van der Waals surface area contributed by atoms with E-state index in [2.05, 4.69) is 33.7 Å². The first-order valence-corrected chi connectivity index (χ1v) is 9.66. The molecule has 2 aliphatic rings. The molecule has 26 heavy (non-hydrogen) atoms. The lowest BCUT2D eigenvalue weighted by Crippen LogP contribution is -2.29. The van der Waals surface area contributed by atoms with Gasteiger partial charge in [-0.1, -0.05) is 0 Å². The maximum absolute atomic E-state index is 5.50. The first kappa shape index (κ1) is 17.4. The summed E-state index contributed by atoms with van der Waals surface area (Å²) in [6.45, 7) is 9.86. The van der Waals surface area contributed by atoms with Crippen LogP contribution in [-0.4, -0.2) is 59.1 Å². The lowest BCUT2D eigenvalue weighted by molar-refractivity contribution is 0.0656. The Morgan fingerprint density at radius 3 is 2.85 bits per heavy atom. The van der Waals surface area contributed by atoms with Crippen molar-refractivity contribution < 1.29 is 4.74 Å². The van der Waals surface area contributed by atoms with Crippen LogP contribution in [0.1, 0.15) is 36.7 Å². The molecule has 0 amide bonds. The first-order valence-electron chi connectivity index (χ1n) is 9.66. The third-order valence-corrected chi connectivity index (χ3v) is 5.38. The predicted molar refractivity (Wildman–Crippen MR) is 102 cm³/mol. The van der Waals surface area contributed by atoms with E-state index in [0.717, 1.165) is 81.6 Å². The van der Waals surface area contributed by atoms with E-state index in [0.29, 0.717) is 6.04 Å². The molecule has 0 spiro atoms. The molecule has 0 bridgehead atoms. The molecule has 2 aromatic heterocycles. The Morgan fingerprint density at radius 1 is 1.15 bits per heavy atom. The second kappa shape index (κ2) is 7.72. The van der Waals surface area contributed by atoms with Gasteiger partial charge < -0.3 is 15.0 Å². The predicted octanol–water partition coefficient (Wildman–Crippen LogP) is 2.11. The van der Waals surface area contributed by atoms with Gasteiger partial charge in [0.1, 0.15) is 0 Å². The number of nitrogens with zero attached hydrogens (tertiary/aromatic N) is 5. The van der Waals surface area contributed by atoms with Gasteiger partial charge in [-0.3, -0.25) is 4.68 Å². The van der Waals surface area contributed by atoms with Gasteiger partial charge >= 0.3 is 0 Å². The average molecular weight is 356 g/mol. The largest absolute Gasteiger partial charge is 0.381 e. The highest BCUT2D eigenvalue weighted by Gasteiger charge is 2.23. The van der Waals surface area contributed by atoms with E-state index in [4.69, 9.17) is 14.8 Å². The maximum Gasteiger partial charge on any atom is 0.225 e. The zero-order valence-corrected chi connectivity index (χ0v) is 15.7. The molecule has 2 aliphatic heterocycles. The van der Waals surface area contributed by atoms with Gasteiger partial charge in [-0.05, 0) is 45.7 Å². The number of nitrogens with one attached hydrogen (secondary N) is 1. The van der Waals surface area contributed by atoms with Crippen molar-refractivity contribution in [3.05, 3.63) is 23.7 Å². The molecule has 0 unspecified atom stereocenters. The van der Waals surface area contributed by atoms with E-state index >= 15 is 0 Å². The highest BCUT2D eigenvalue weighted by atomic mass is 16.5. The summed E-state index contributed by atoms with van der Waals surface area (Å²) in [5.41, 5.74) is 4.35. The second-order valence-electron chi connectivity index (χ2n) is 7.17. The third-order valence-electron chi connectivity index (χ3n) is 5.38. The van der Waals surface area contributed by atoms with E-state index < -0.39 is 0 Å². The standard InChI is InChI=1S/C19H28N6O/c1-14-18(15(2)25(23-14)16-5-12-26-13-6-16)17-4-8-21-19(22-17)24-10-3-7-20-9-11-24/h4,8,16,20H,3,5-7,9-13H2,1-2H3. The Bertz CT molecular complexity index is 744. The Kier molecular flexibility index (Phi) is 5.17. The van der Waals surface area contributed by atoms with E-state index in [-0.39, 0.29) is 0 Å². The molecule has 1 N–H and O–H groups in total. The van der Waals surface area contributed by atoms with Gasteiger partial charge in [-0.15, -0.1) is 0 Å². The van der Waals surface area contributed by atoms with Crippen LogP contribution in [0, 0.1) is 13.8 Å². The van der Waals surface area contributed by atoms with E-state index in [1.54, 1.807) is 0 Å². The van der Waals surface area contributed by atoms with Gasteiger partial charge in [0.25, 0.3) is 0 Å². The summed E-state index contributed by atoms with van der Waals surface area (Å²) in [5, 5.41) is 8.27. The van der Waals surface area contributed by atoms with Crippen LogP contribution in [0.5, 0.6) is 0 Å². The summed E-state index contributed by atoms with van der Waals surface area (Å²) < 4.78 is 7.69. The van der Waals surface area contributed by atoms with Gasteiger partial charge in [0.15, 0.2) is 0 Å². The number of hydrogen-bond acceptors (Lipinski definition) is 6. The molecule has 0 atom stereocenters. The highest BCUT2D eigenvalue weighted by molar-refractivity contribution is 5.65. The van der Waals surface area contributed by atoms with Crippen molar-refractivity contribution in [3.8, 4) is 11.3 Å². The van der Waals surface area contributed by atoms with E-state index in [1.807, 2.05) is 12.3 Å². The number of rotatable bonds is 3. The number of aryl methyl sites for hydroxylation is 1. The molecule has 2 fully saturated rings. The molecular weight excluding hydrogens is 328 g/mol. The van der Waals surface area contributed by atoms with Crippen molar-refractivity contribution >= 4 is 5.95 Å². The molecule has 7 heteroatoms. The average Bonchev–Trinajstić information content (AvgIpc) is 2.85. The molecule has 0 aromatic carbocycles. The van der Waals surface area contributed by atoms with Gasteiger partial charge in [0.05, 0.1) is 17.4 Å². The Balaban J connectivity index is 1.65. The van der Waals surface area contributed by atoms with Gasteiger partial charge in [-0.2, -0.15) is 5.10 Å². The summed E-state index contributed by atoms with van der Waals surface area (Å²) in [6, 6.07) is 2.43.